The Morgan fingerprint density at radius 2 is 1.00 bits per heavy atom. The average molecular weight is 469 g/mol. The molecule has 0 saturated carbocycles. The molecule has 0 heterocycles. The third kappa shape index (κ3) is 11.4. The van der Waals surface area contributed by atoms with Gasteiger partial charge in [-0.25, -0.2) is 12.1 Å². The van der Waals surface area contributed by atoms with Crippen LogP contribution in [0.15, 0.2) is 121 Å². The van der Waals surface area contributed by atoms with Gasteiger partial charge in [0.1, 0.15) is 15.9 Å². The predicted octanol–water partition coefficient (Wildman–Crippen LogP) is 5.05. The summed E-state index contributed by atoms with van der Waals surface area (Å²) in [6, 6.07) is 42.5. The van der Waals surface area contributed by atoms with Gasteiger partial charge < -0.3 is 4.79 Å². The average Bonchev–Trinajstić information content (AvgIpc) is 3.43. The van der Waals surface area contributed by atoms with Crippen molar-refractivity contribution in [3.05, 3.63) is 128 Å². The molecule has 0 atom stereocenters. The minimum absolute atomic E-state index is 0. The molecule has 0 aliphatic carbocycles. The Labute approximate surface area is 197 Å². The fourth-order valence-electron chi connectivity index (χ4n) is 2.64. The van der Waals surface area contributed by atoms with Crippen molar-refractivity contribution < 1.29 is 26.5 Å². The first kappa shape index (κ1) is 28.4. The summed E-state index contributed by atoms with van der Waals surface area (Å²) in [6.45, 7) is 6.26. The molecule has 31 heavy (non-hydrogen) atoms. The molecule has 0 bridgehead atoms. The van der Waals surface area contributed by atoms with E-state index in [9.17, 15) is 0 Å². The van der Waals surface area contributed by atoms with Gasteiger partial charge in [-0.15, -0.1) is 0 Å². The van der Waals surface area contributed by atoms with Crippen molar-refractivity contribution >= 4 is 30.1 Å². The number of hydrogen-bond donors (Lipinski definition) is 0. The van der Waals surface area contributed by atoms with Crippen molar-refractivity contribution in [1.29, 1.82) is 0 Å². The van der Waals surface area contributed by atoms with Crippen LogP contribution < -0.4 is 15.9 Å². The quantitative estimate of drug-likeness (QED) is 0.178. The molecule has 4 aromatic rings. The topological polar surface area (TPSA) is 37.0 Å². The largest absolute Gasteiger partial charge is 0.214 e. The predicted molar refractivity (Wildman–Crippen MR) is 128 cm³/mol. The molecular weight excluding hydrogens is 443 g/mol. The molecule has 0 N–H and O–H groups in total. The van der Waals surface area contributed by atoms with Crippen LogP contribution in [0.5, 0.6) is 0 Å². The molecular formula is C27H26FeO2P-. The molecule has 0 saturated heterocycles. The smallest absolute Gasteiger partial charge is 0.102 e. The molecule has 4 aromatic carbocycles. The number of benzene rings is 3. The number of carbonyl (C=O) groups excluding carboxylic acids is 1. The van der Waals surface area contributed by atoms with Crippen LogP contribution in [0.25, 0.3) is 0 Å². The zero-order valence-corrected chi connectivity index (χ0v) is 19.5. The molecule has 4 heteroatoms. The number of hydrogen-bond acceptors (Lipinski definition) is 1. The second-order valence-electron chi connectivity index (χ2n) is 5.93. The first-order valence-corrected chi connectivity index (χ1v) is 11.1. The van der Waals surface area contributed by atoms with Crippen LogP contribution in [-0.4, -0.2) is 6.29 Å². The van der Waals surface area contributed by atoms with Crippen molar-refractivity contribution in [2.75, 3.05) is 0 Å². The summed E-state index contributed by atoms with van der Waals surface area (Å²) in [5, 5.41) is 4.31. The molecule has 0 amide bonds. The molecule has 0 aromatic heterocycles. The standard InChI is InChI=1S/C18H15P.C5H5.C3H5O.CO.Fe/c1-4-10-16(11-5-1)19(17-12-6-2-7-13-17)18-14-8-3-9-15-18;1-2-4-5-3-1;1-2-3-4;1-2;/h1-15H;1-5H;2H2,1H3;;/q;2*-1;;/p+1. The van der Waals surface area contributed by atoms with Crippen molar-refractivity contribution in [1.82, 2.24) is 0 Å². The zero-order valence-electron chi connectivity index (χ0n) is 17.4. The van der Waals surface area contributed by atoms with Gasteiger partial charge in [0, 0.05) is 17.1 Å². The fourth-order valence-corrected chi connectivity index (χ4v) is 5.21. The summed E-state index contributed by atoms with van der Waals surface area (Å²) < 4.78 is 7.50. The van der Waals surface area contributed by atoms with E-state index in [1.165, 1.54) is 15.9 Å². The SMILES string of the molecule is CC[C-]=O.[C-]#[O+].[Fe].c1cc[cH-]c1.c1ccc([PH+](c2ccccc2)c2ccccc2)cc1. The molecule has 160 valence electrons. The second kappa shape index (κ2) is 19.3. The van der Waals surface area contributed by atoms with E-state index in [4.69, 9.17) is 9.45 Å². The van der Waals surface area contributed by atoms with E-state index in [0.29, 0.717) is 6.42 Å². The van der Waals surface area contributed by atoms with Gasteiger partial charge in [0.25, 0.3) is 0 Å². The van der Waals surface area contributed by atoms with Crippen LogP contribution in [0, 0.1) is 6.65 Å². The van der Waals surface area contributed by atoms with Gasteiger partial charge in [0.05, 0.1) is 7.92 Å². The Morgan fingerprint density at radius 1 is 0.710 bits per heavy atom. The van der Waals surface area contributed by atoms with Gasteiger partial charge in [-0.1, -0.05) is 61.5 Å². The van der Waals surface area contributed by atoms with Crippen LogP contribution in [0.4, 0.5) is 0 Å². The Kier molecular flexibility index (Phi) is 17.7. The van der Waals surface area contributed by atoms with Gasteiger partial charge in [0.2, 0.25) is 0 Å². The molecule has 4 rings (SSSR count). The van der Waals surface area contributed by atoms with Gasteiger partial charge >= 0.3 is 11.3 Å². The summed E-state index contributed by atoms with van der Waals surface area (Å²) in [4.78, 5) is 9.05. The monoisotopic (exact) mass is 469 g/mol. The van der Waals surface area contributed by atoms with Crippen molar-refractivity contribution in [3.63, 3.8) is 0 Å². The van der Waals surface area contributed by atoms with Crippen LogP contribution in [0.3, 0.4) is 0 Å². The maximum atomic E-state index is 9.05. The zero-order chi connectivity index (χ0) is 21.9. The molecule has 0 spiro atoms. The summed E-state index contributed by atoms with van der Waals surface area (Å²) in [7, 11) is -0.877. The minimum Gasteiger partial charge on any atom is -0.214 e. The molecule has 0 radical (unpaired) electrons. The summed E-state index contributed by atoms with van der Waals surface area (Å²) in [5.41, 5.74) is 0. The Bertz CT molecular complexity index is 798. The van der Waals surface area contributed by atoms with Crippen LogP contribution in [0.2, 0.25) is 0 Å². The van der Waals surface area contributed by atoms with E-state index in [1.54, 1.807) is 13.2 Å². The fraction of sp³-hybridized carbons (Fsp3) is 0.0741. The minimum atomic E-state index is -0.877. The summed E-state index contributed by atoms with van der Waals surface area (Å²) in [6.07, 6.45) is 2.19. The maximum absolute atomic E-state index is 9.05. The molecule has 2 nitrogen and oxygen atoms in total. The van der Waals surface area contributed by atoms with E-state index in [1.807, 2.05) is 30.3 Å². The van der Waals surface area contributed by atoms with E-state index in [-0.39, 0.29) is 17.1 Å². The van der Waals surface area contributed by atoms with Crippen LogP contribution in [-0.2, 0) is 26.5 Å². The van der Waals surface area contributed by atoms with Crippen LogP contribution >= 0.6 is 7.92 Å². The summed E-state index contributed by atoms with van der Waals surface area (Å²) >= 11 is 0. The van der Waals surface area contributed by atoms with Crippen molar-refractivity contribution in [3.8, 4) is 0 Å². The molecule has 0 fully saturated rings. The molecule has 0 aliphatic heterocycles. The molecule has 0 aliphatic rings. The second-order valence-corrected chi connectivity index (χ2v) is 8.42. The molecule has 0 unspecified atom stereocenters. The van der Waals surface area contributed by atoms with Gasteiger partial charge in [-0.3, -0.25) is 6.29 Å². The number of rotatable bonds is 4. The first-order chi connectivity index (χ1) is 14.9. The van der Waals surface area contributed by atoms with Gasteiger partial charge in [-0.05, 0) is 36.4 Å². The first-order valence-electron chi connectivity index (χ1n) is 9.62. The third-order valence-electron chi connectivity index (χ3n) is 3.89. The normalized spacial score (nSPS) is 8.65. The van der Waals surface area contributed by atoms with E-state index in [2.05, 4.69) is 97.6 Å². The Hall–Kier alpha value is -2.63. The summed E-state index contributed by atoms with van der Waals surface area (Å²) in [5.74, 6) is 0. The van der Waals surface area contributed by atoms with Crippen LogP contribution in [0.1, 0.15) is 13.3 Å². The van der Waals surface area contributed by atoms with Crippen molar-refractivity contribution in [2.24, 2.45) is 0 Å². The van der Waals surface area contributed by atoms with Crippen molar-refractivity contribution in [2.45, 2.75) is 13.3 Å². The third-order valence-corrected chi connectivity index (χ3v) is 6.62. The maximum Gasteiger partial charge on any atom is 0.102 e. The van der Waals surface area contributed by atoms with E-state index >= 15 is 0 Å². The van der Waals surface area contributed by atoms with Gasteiger partial charge in [0.15, 0.2) is 0 Å². The van der Waals surface area contributed by atoms with Gasteiger partial charge in [-0.2, -0.15) is 24.6 Å². The van der Waals surface area contributed by atoms with E-state index in [0.717, 1.165) is 0 Å². The Morgan fingerprint density at radius 3 is 1.19 bits per heavy atom. The van der Waals surface area contributed by atoms with E-state index < -0.39 is 7.92 Å². The Balaban J connectivity index is 0.000000626.